The van der Waals surface area contributed by atoms with Crippen molar-refractivity contribution in [2.45, 2.75) is 19.3 Å². The Kier molecular flexibility index (Phi) is 5.92. The summed E-state index contributed by atoms with van der Waals surface area (Å²) in [4.78, 5) is 21.0. The number of nitrogens with one attached hydrogen (secondary N) is 1. The van der Waals surface area contributed by atoms with Crippen LogP contribution >= 0.6 is 0 Å². The monoisotopic (exact) mass is 391 g/mol. The second kappa shape index (κ2) is 8.93. The Bertz CT molecular complexity index is 894. The lowest BCUT2D eigenvalue weighted by molar-refractivity contribution is 0.0303. The Balaban J connectivity index is 1.49. The lowest BCUT2D eigenvalue weighted by Gasteiger charge is -2.29. The number of carbonyl (C=O) groups excluding carboxylic acids is 1. The van der Waals surface area contributed by atoms with Crippen LogP contribution in [0.2, 0.25) is 0 Å². The molecule has 2 aliphatic heterocycles. The van der Waals surface area contributed by atoms with Crippen LogP contribution in [0.15, 0.2) is 36.5 Å². The maximum atomic E-state index is 12.6. The summed E-state index contributed by atoms with van der Waals surface area (Å²) in [6.07, 6.45) is 5.41. The Morgan fingerprint density at radius 1 is 1.07 bits per heavy atom. The molecule has 4 rings (SSSR count). The van der Waals surface area contributed by atoms with Crippen molar-refractivity contribution in [1.82, 2.24) is 9.88 Å². The van der Waals surface area contributed by atoms with Crippen molar-refractivity contribution in [1.29, 1.82) is 5.26 Å². The van der Waals surface area contributed by atoms with Crippen LogP contribution in [-0.2, 0) is 4.74 Å². The molecule has 2 aromatic rings. The van der Waals surface area contributed by atoms with Gasteiger partial charge in [-0.15, -0.1) is 0 Å². The van der Waals surface area contributed by atoms with Crippen molar-refractivity contribution in [2.75, 3.05) is 49.6 Å². The van der Waals surface area contributed by atoms with Gasteiger partial charge < -0.3 is 19.9 Å². The fraction of sp³-hybridized carbons (Fsp3) is 0.409. The number of piperidine rings is 1. The van der Waals surface area contributed by atoms with E-state index in [1.54, 1.807) is 6.20 Å². The number of nitrogens with zero attached hydrogens (tertiary/aromatic N) is 4. The van der Waals surface area contributed by atoms with Gasteiger partial charge in [0, 0.05) is 37.4 Å². The van der Waals surface area contributed by atoms with Gasteiger partial charge in [-0.05, 0) is 49.6 Å². The Labute approximate surface area is 170 Å². The average molecular weight is 391 g/mol. The van der Waals surface area contributed by atoms with Crippen LogP contribution in [0.5, 0.6) is 0 Å². The van der Waals surface area contributed by atoms with Gasteiger partial charge >= 0.3 is 0 Å². The molecule has 0 spiro atoms. The van der Waals surface area contributed by atoms with Gasteiger partial charge in [0.05, 0.1) is 30.8 Å². The molecule has 2 fully saturated rings. The van der Waals surface area contributed by atoms with Crippen molar-refractivity contribution in [2.24, 2.45) is 0 Å². The second-order valence-electron chi connectivity index (χ2n) is 7.36. The van der Waals surface area contributed by atoms with E-state index in [1.165, 1.54) is 19.3 Å². The molecule has 2 saturated heterocycles. The van der Waals surface area contributed by atoms with E-state index >= 15 is 0 Å². The number of anilines is 3. The number of ether oxygens (including phenoxy) is 1. The SMILES string of the molecule is N#Cc1ncc(N2CCCCC2)cc1Nc1ccc(C(=O)N2CCOCC2)cc1. The highest BCUT2D eigenvalue weighted by atomic mass is 16.5. The smallest absolute Gasteiger partial charge is 0.254 e. The largest absolute Gasteiger partial charge is 0.378 e. The van der Waals surface area contributed by atoms with E-state index < -0.39 is 0 Å². The third kappa shape index (κ3) is 4.49. The van der Waals surface area contributed by atoms with E-state index in [4.69, 9.17) is 4.74 Å². The molecule has 0 radical (unpaired) electrons. The number of nitriles is 1. The molecule has 0 unspecified atom stereocenters. The molecule has 0 aliphatic carbocycles. The minimum absolute atomic E-state index is 0.0197. The summed E-state index contributed by atoms with van der Waals surface area (Å²) in [5.74, 6) is 0.0197. The molecule has 1 N–H and O–H groups in total. The van der Waals surface area contributed by atoms with E-state index in [0.717, 1.165) is 24.5 Å². The first-order chi connectivity index (χ1) is 14.2. The molecule has 1 amide bonds. The minimum atomic E-state index is 0.0197. The predicted octanol–water partition coefficient (Wildman–Crippen LogP) is 3.16. The molecular formula is C22H25N5O2. The normalized spacial score (nSPS) is 16.9. The second-order valence-corrected chi connectivity index (χ2v) is 7.36. The first-order valence-corrected chi connectivity index (χ1v) is 10.1. The molecule has 7 nitrogen and oxygen atoms in total. The number of pyridine rings is 1. The number of carbonyl (C=O) groups is 1. The van der Waals surface area contributed by atoms with Gasteiger partial charge in [-0.25, -0.2) is 4.98 Å². The van der Waals surface area contributed by atoms with E-state index in [-0.39, 0.29) is 5.91 Å². The highest BCUT2D eigenvalue weighted by molar-refractivity contribution is 5.94. The highest BCUT2D eigenvalue weighted by Gasteiger charge is 2.18. The zero-order valence-electron chi connectivity index (χ0n) is 16.4. The average Bonchev–Trinajstić information content (AvgIpc) is 2.80. The number of hydrogen-bond donors (Lipinski definition) is 1. The summed E-state index contributed by atoms with van der Waals surface area (Å²) in [5.41, 5.74) is 3.54. The zero-order chi connectivity index (χ0) is 20.1. The molecule has 1 aromatic carbocycles. The third-order valence-corrected chi connectivity index (χ3v) is 5.41. The fourth-order valence-electron chi connectivity index (χ4n) is 3.76. The molecule has 0 saturated carbocycles. The summed E-state index contributed by atoms with van der Waals surface area (Å²) in [6, 6.07) is 11.5. The molecule has 0 bridgehead atoms. The quantitative estimate of drug-likeness (QED) is 0.862. The molecule has 150 valence electrons. The van der Waals surface area contributed by atoms with Gasteiger partial charge in [0.1, 0.15) is 6.07 Å². The van der Waals surface area contributed by atoms with Crippen LogP contribution in [0.25, 0.3) is 0 Å². The van der Waals surface area contributed by atoms with Crippen LogP contribution in [0.3, 0.4) is 0 Å². The topological polar surface area (TPSA) is 81.5 Å². The van der Waals surface area contributed by atoms with Crippen molar-refractivity contribution < 1.29 is 9.53 Å². The number of rotatable bonds is 4. The third-order valence-electron chi connectivity index (χ3n) is 5.41. The van der Waals surface area contributed by atoms with Crippen LogP contribution in [0.4, 0.5) is 17.1 Å². The lowest BCUT2D eigenvalue weighted by atomic mass is 10.1. The molecule has 1 aromatic heterocycles. The van der Waals surface area contributed by atoms with Gasteiger partial charge in [0.2, 0.25) is 0 Å². The molecule has 7 heteroatoms. The first kappa shape index (κ1) is 19.2. The number of amides is 1. The summed E-state index contributed by atoms with van der Waals surface area (Å²) >= 11 is 0. The maximum absolute atomic E-state index is 12.6. The molecule has 3 heterocycles. The predicted molar refractivity (Wildman–Crippen MR) is 111 cm³/mol. The Morgan fingerprint density at radius 3 is 2.48 bits per heavy atom. The standard InChI is InChI=1S/C22H25N5O2/c23-15-21-20(14-19(16-24-21)26-8-2-1-3-9-26)25-18-6-4-17(5-7-18)22(28)27-10-12-29-13-11-27/h4-7,14,16,25H,1-3,8-13H2. The van der Waals surface area contributed by atoms with Gasteiger partial charge in [0.25, 0.3) is 5.91 Å². The fourth-order valence-corrected chi connectivity index (χ4v) is 3.76. The number of hydrogen-bond acceptors (Lipinski definition) is 6. The van der Waals surface area contributed by atoms with Crippen molar-refractivity contribution in [3.05, 3.63) is 47.8 Å². The van der Waals surface area contributed by atoms with Gasteiger partial charge in [-0.3, -0.25) is 4.79 Å². The van der Waals surface area contributed by atoms with Crippen molar-refractivity contribution in [3.63, 3.8) is 0 Å². The summed E-state index contributed by atoms with van der Waals surface area (Å²) < 4.78 is 5.31. The van der Waals surface area contributed by atoms with Crippen LogP contribution in [0, 0.1) is 11.3 Å². The minimum Gasteiger partial charge on any atom is -0.378 e. The molecular weight excluding hydrogens is 366 g/mol. The Hall–Kier alpha value is -3.11. The van der Waals surface area contributed by atoms with E-state index in [9.17, 15) is 10.1 Å². The number of morpholine rings is 1. The summed E-state index contributed by atoms with van der Waals surface area (Å²) in [7, 11) is 0. The number of aromatic nitrogens is 1. The highest BCUT2D eigenvalue weighted by Crippen LogP contribution is 2.27. The zero-order valence-corrected chi connectivity index (χ0v) is 16.4. The van der Waals surface area contributed by atoms with Crippen LogP contribution < -0.4 is 10.2 Å². The van der Waals surface area contributed by atoms with E-state index in [0.29, 0.717) is 43.2 Å². The molecule has 29 heavy (non-hydrogen) atoms. The van der Waals surface area contributed by atoms with Crippen LogP contribution in [-0.4, -0.2) is 55.2 Å². The summed E-state index contributed by atoms with van der Waals surface area (Å²) in [5, 5.41) is 12.7. The van der Waals surface area contributed by atoms with E-state index in [2.05, 4.69) is 21.3 Å². The molecule has 0 atom stereocenters. The number of benzene rings is 1. The first-order valence-electron chi connectivity index (χ1n) is 10.1. The van der Waals surface area contributed by atoms with Crippen molar-refractivity contribution >= 4 is 23.0 Å². The van der Waals surface area contributed by atoms with E-state index in [1.807, 2.05) is 35.2 Å². The maximum Gasteiger partial charge on any atom is 0.254 e. The van der Waals surface area contributed by atoms with Gasteiger partial charge in [0.15, 0.2) is 5.69 Å². The van der Waals surface area contributed by atoms with Crippen LogP contribution in [0.1, 0.15) is 35.3 Å². The van der Waals surface area contributed by atoms with Gasteiger partial charge in [-0.2, -0.15) is 5.26 Å². The van der Waals surface area contributed by atoms with Gasteiger partial charge in [-0.1, -0.05) is 0 Å². The lowest BCUT2D eigenvalue weighted by Crippen LogP contribution is -2.40. The van der Waals surface area contributed by atoms with Crippen molar-refractivity contribution in [3.8, 4) is 6.07 Å². The summed E-state index contributed by atoms with van der Waals surface area (Å²) in [6.45, 7) is 4.46. The Morgan fingerprint density at radius 2 is 1.79 bits per heavy atom. The molecule has 2 aliphatic rings.